The average molecular weight is 439 g/mol. The quantitative estimate of drug-likeness (QED) is 0.562. The molecule has 0 saturated carbocycles. The highest BCUT2D eigenvalue weighted by Gasteiger charge is 2.21. The van der Waals surface area contributed by atoms with E-state index in [1.54, 1.807) is 43.3 Å². The zero-order valence-corrected chi connectivity index (χ0v) is 18.7. The number of carbonyl (C=O) groups is 3. The Bertz CT molecular complexity index is 966. The molecular formula is C24H30N4O4. The van der Waals surface area contributed by atoms with Crippen LogP contribution in [0, 0.1) is 0 Å². The summed E-state index contributed by atoms with van der Waals surface area (Å²) in [4.78, 5) is 39.2. The minimum Gasteiger partial charge on any atom is -0.462 e. The van der Waals surface area contributed by atoms with E-state index in [0.717, 1.165) is 31.6 Å². The number of carbonyl (C=O) groups excluding carboxylic acids is 3. The molecule has 8 nitrogen and oxygen atoms in total. The van der Waals surface area contributed by atoms with Crippen LogP contribution in [0.2, 0.25) is 0 Å². The third kappa shape index (κ3) is 6.00. The lowest BCUT2D eigenvalue weighted by Crippen LogP contribution is -2.32. The molecule has 1 fully saturated rings. The highest BCUT2D eigenvalue weighted by Crippen LogP contribution is 2.28. The van der Waals surface area contributed by atoms with Gasteiger partial charge in [0.25, 0.3) is 5.91 Å². The molecule has 8 heteroatoms. The maximum atomic E-state index is 12.8. The Morgan fingerprint density at radius 2 is 1.59 bits per heavy atom. The van der Waals surface area contributed by atoms with Gasteiger partial charge in [0.1, 0.15) is 0 Å². The second-order valence-electron chi connectivity index (χ2n) is 7.93. The van der Waals surface area contributed by atoms with E-state index in [0.29, 0.717) is 29.1 Å². The van der Waals surface area contributed by atoms with Crippen LogP contribution in [0.1, 0.15) is 54.3 Å². The Labute approximate surface area is 188 Å². The minimum absolute atomic E-state index is 0.00595. The lowest BCUT2D eigenvalue weighted by atomic mass is 10.1. The molecule has 0 spiro atoms. The van der Waals surface area contributed by atoms with Gasteiger partial charge in [-0.15, -0.1) is 0 Å². The van der Waals surface area contributed by atoms with E-state index in [1.165, 1.54) is 0 Å². The van der Waals surface area contributed by atoms with Gasteiger partial charge in [0.05, 0.1) is 17.7 Å². The number of nitrogens with one attached hydrogen (secondary N) is 3. The molecule has 1 aliphatic heterocycles. The van der Waals surface area contributed by atoms with Crippen molar-refractivity contribution in [3.8, 4) is 0 Å². The molecule has 3 rings (SSSR count). The number of benzene rings is 2. The number of urea groups is 1. The van der Waals surface area contributed by atoms with Crippen LogP contribution in [0.25, 0.3) is 0 Å². The molecule has 32 heavy (non-hydrogen) atoms. The first kappa shape index (κ1) is 23.1. The summed E-state index contributed by atoms with van der Waals surface area (Å²) in [7, 11) is 0. The van der Waals surface area contributed by atoms with Crippen molar-refractivity contribution in [2.75, 3.05) is 35.2 Å². The summed E-state index contributed by atoms with van der Waals surface area (Å²) >= 11 is 0. The SMILES string of the molecule is CCOC(=O)c1ccc(NC(=O)Nc2ccc(N3CCCC3)c(C(=O)NC(C)C)c2)cc1. The highest BCUT2D eigenvalue weighted by molar-refractivity contribution is 6.04. The van der Waals surface area contributed by atoms with Crippen molar-refractivity contribution in [2.24, 2.45) is 0 Å². The van der Waals surface area contributed by atoms with Gasteiger partial charge in [0.2, 0.25) is 0 Å². The smallest absolute Gasteiger partial charge is 0.338 e. The van der Waals surface area contributed by atoms with Crippen molar-refractivity contribution < 1.29 is 19.1 Å². The standard InChI is InChI=1S/C24H30N4O4/c1-4-32-23(30)17-7-9-18(10-8-17)26-24(31)27-19-11-12-21(28-13-5-6-14-28)20(15-19)22(29)25-16(2)3/h7-12,15-16H,4-6,13-14H2,1-3H3,(H,25,29)(H2,26,27,31). The summed E-state index contributed by atoms with van der Waals surface area (Å²) in [6, 6.07) is 11.4. The summed E-state index contributed by atoms with van der Waals surface area (Å²) in [5.74, 6) is -0.575. The van der Waals surface area contributed by atoms with Gasteiger partial charge in [-0.1, -0.05) is 0 Å². The molecule has 0 aliphatic carbocycles. The Hall–Kier alpha value is -3.55. The molecule has 0 radical (unpaired) electrons. The summed E-state index contributed by atoms with van der Waals surface area (Å²) in [6.45, 7) is 7.70. The van der Waals surface area contributed by atoms with E-state index in [1.807, 2.05) is 19.9 Å². The molecule has 3 amide bonds. The van der Waals surface area contributed by atoms with Gasteiger partial charge in [-0.3, -0.25) is 4.79 Å². The van der Waals surface area contributed by atoms with Gasteiger partial charge < -0.3 is 25.6 Å². The number of hydrogen-bond acceptors (Lipinski definition) is 5. The molecule has 2 aromatic rings. The number of ether oxygens (including phenoxy) is 1. The maximum Gasteiger partial charge on any atom is 0.338 e. The van der Waals surface area contributed by atoms with Crippen LogP contribution < -0.4 is 20.9 Å². The van der Waals surface area contributed by atoms with E-state index in [-0.39, 0.29) is 11.9 Å². The molecule has 0 bridgehead atoms. The van der Waals surface area contributed by atoms with Crippen LogP contribution in [0.5, 0.6) is 0 Å². The van der Waals surface area contributed by atoms with E-state index < -0.39 is 12.0 Å². The fourth-order valence-electron chi connectivity index (χ4n) is 3.57. The monoisotopic (exact) mass is 438 g/mol. The molecule has 0 aromatic heterocycles. The molecule has 3 N–H and O–H groups in total. The zero-order chi connectivity index (χ0) is 23.1. The van der Waals surface area contributed by atoms with Crippen LogP contribution in [0.15, 0.2) is 42.5 Å². The van der Waals surface area contributed by atoms with Crippen LogP contribution in [0.3, 0.4) is 0 Å². The van der Waals surface area contributed by atoms with Gasteiger partial charge in [-0.25, -0.2) is 9.59 Å². The van der Waals surface area contributed by atoms with E-state index in [2.05, 4.69) is 20.9 Å². The second-order valence-corrected chi connectivity index (χ2v) is 7.93. The van der Waals surface area contributed by atoms with Crippen LogP contribution in [-0.4, -0.2) is 43.6 Å². The largest absolute Gasteiger partial charge is 0.462 e. The van der Waals surface area contributed by atoms with Gasteiger partial charge in [-0.2, -0.15) is 0 Å². The topological polar surface area (TPSA) is 99.8 Å². The van der Waals surface area contributed by atoms with Crippen molar-refractivity contribution in [3.05, 3.63) is 53.6 Å². The average Bonchev–Trinajstić information content (AvgIpc) is 3.28. The number of nitrogens with zero attached hydrogens (tertiary/aromatic N) is 1. The first-order chi connectivity index (χ1) is 15.4. The third-order valence-electron chi connectivity index (χ3n) is 5.02. The predicted octanol–water partition coefficient (Wildman–Crippen LogP) is 4.25. The first-order valence-corrected chi connectivity index (χ1v) is 10.9. The van der Waals surface area contributed by atoms with E-state index >= 15 is 0 Å². The first-order valence-electron chi connectivity index (χ1n) is 10.9. The Morgan fingerprint density at radius 1 is 0.969 bits per heavy atom. The van der Waals surface area contributed by atoms with E-state index in [9.17, 15) is 14.4 Å². The fraction of sp³-hybridized carbons (Fsp3) is 0.375. The van der Waals surface area contributed by atoms with Crippen molar-refractivity contribution in [1.82, 2.24) is 5.32 Å². The Balaban J connectivity index is 1.71. The maximum absolute atomic E-state index is 12.8. The fourth-order valence-corrected chi connectivity index (χ4v) is 3.57. The van der Waals surface area contributed by atoms with Crippen molar-refractivity contribution in [2.45, 2.75) is 39.7 Å². The van der Waals surface area contributed by atoms with Crippen molar-refractivity contribution >= 4 is 35.0 Å². The number of amides is 3. The van der Waals surface area contributed by atoms with Gasteiger partial charge in [0, 0.05) is 36.2 Å². The molecular weight excluding hydrogens is 408 g/mol. The van der Waals surface area contributed by atoms with Crippen LogP contribution >= 0.6 is 0 Å². The molecule has 1 heterocycles. The van der Waals surface area contributed by atoms with Crippen LogP contribution in [0.4, 0.5) is 21.9 Å². The summed E-state index contributed by atoms with van der Waals surface area (Å²) < 4.78 is 4.95. The van der Waals surface area contributed by atoms with Crippen LogP contribution in [-0.2, 0) is 4.74 Å². The lowest BCUT2D eigenvalue weighted by Gasteiger charge is -2.22. The highest BCUT2D eigenvalue weighted by atomic mass is 16.5. The predicted molar refractivity (Wildman–Crippen MR) is 126 cm³/mol. The number of esters is 1. The normalized spacial score (nSPS) is 13.1. The number of anilines is 3. The minimum atomic E-state index is -0.446. The summed E-state index contributed by atoms with van der Waals surface area (Å²) in [6.07, 6.45) is 2.20. The second kappa shape index (κ2) is 10.7. The number of rotatable bonds is 7. The summed E-state index contributed by atoms with van der Waals surface area (Å²) in [5.41, 5.74) is 2.87. The lowest BCUT2D eigenvalue weighted by molar-refractivity contribution is 0.0526. The van der Waals surface area contributed by atoms with Crippen molar-refractivity contribution in [3.63, 3.8) is 0 Å². The van der Waals surface area contributed by atoms with Gasteiger partial charge >= 0.3 is 12.0 Å². The zero-order valence-electron chi connectivity index (χ0n) is 18.7. The summed E-state index contributed by atoms with van der Waals surface area (Å²) in [5, 5.41) is 8.44. The van der Waals surface area contributed by atoms with Gasteiger partial charge in [0.15, 0.2) is 0 Å². The van der Waals surface area contributed by atoms with Gasteiger partial charge in [-0.05, 0) is 76.1 Å². The molecule has 0 atom stereocenters. The Morgan fingerprint density at radius 3 is 2.22 bits per heavy atom. The van der Waals surface area contributed by atoms with E-state index in [4.69, 9.17) is 4.74 Å². The molecule has 170 valence electrons. The number of hydrogen-bond donors (Lipinski definition) is 3. The molecule has 1 saturated heterocycles. The molecule has 0 unspecified atom stereocenters. The Kier molecular flexibility index (Phi) is 7.70. The molecule has 1 aliphatic rings. The molecule has 2 aromatic carbocycles. The van der Waals surface area contributed by atoms with Crippen molar-refractivity contribution in [1.29, 1.82) is 0 Å². The third-order valence-corrected chi connectivity index (χ3v) is 5.02.